The summed E-state index contributed by atoms with van der Waals surface area (Å²) in [6, 6.07) is 18.4. The number of benzene rings is 2. The zero-order chi connectivity index (χ0) is 22.5. The molecule has 4 aromatic rings. The normalized spacial score (nSPS) is 11.7. The monoisotopic (exact) mass is 430 g/mol. The van der Waals surface area contributed by atoms with E-state index in [1.165, 1.54) is 12.3 Å². The number of nitrogens with zero attached hydrogens (tertiary/aromatic N) is 3. The summed E-state index contributed by atoms with van der Waals surface area (Å²) in [4.78, 5) is 24.2. The molecule has 1 atom stereocenters. The first-order chi connectivity index (χ1) is 15.5. The molecule has 2 heterocycles. The van der Waals surface area contributed by atoms with Crippen molar-refractivity contribution >= 4 is 11.7 Å². The molecule has 0 radical (unpaired) electrons. The molecule has 0 aliphatic rings. The van der Waals surface area contributed by atoms with Gasteiger partial charge in [0.2, 0.25) is 0 Å². The summed E-state index contributed by atoms with van der Waals surface area (Å²) in [6.45, 7) is 0. The Balaban J connectivity index is 1.63. The molecule has 2 aromatic heterocycles. The summed E-state index contributed by atoms with van der Waals surface area (Å²) in [5, 5.41) is 9.35. The fraction of sp³-hybridized carbons (Fsp3) is 0.0833. The summed E-state index contributed by atoms with van der Waals surface area (Å²) >= 11 is 0. The van der Waals surface area contributed by atoms with Crippen LogP contribution in [0, 0.1) is 5.82 Å². The molecule has 8 heteroatoms. The lowest BCUT2D eigenvalue weighted by Crippen LogP contribution is -2.12. The van der Waals surface area contributed by atoms with Gasteiger partial charge in [-0.15, -0.1) is 0 Å². The summed E-state index contributed by atoms with van der Waals surface area (Å²) < 4.78 is 20.2. The first-order valence-electron chi connectivity index (χ1n) is 9.78. The largest absolute Gasteiger partial charge is 0.481 e. The highest BCUT2D eigenvalue weighted by atomic mass is 19.1. The van der Waals surface area contributed by atoms with Crippen LogP contribution in [0.25, 0.3) is 11.3 Å². The van der Waals surface area contributed by atoms with E-state index in [1.807, 2.05) is 6.07 Å². The minimum atomic E-state index is -1.07. The number of aliphatic carboxylic acids is 1. The molecule has 0 amide bonds. The van der Waals surface area contributed by atoms with E-state index >= 15 is 0 Å². The van der Waals surface area contributed by atoms with Crippen molar-refractivity contribution in [2.45, 2.75) is 12.3 Å². The second-order valence-electron chi connectivity index (χ2n) is 7.04. The van der Waals surface area contributed by atoms with Crippen LogP contribution < -0.4 is 10.5 Å². The Morgan fingerprint density at radius 3 is 2.66 bits per heavy atom. The van der Waals surface area contributed by atoms with Crippen LogP contribution in [0.5, 0.6) is 11.8 Å². The number of nitrogen functional groups attached to an aromatic ring is 1. The van der Waals surface area contributed by atoms with Crippen molar-refractivity contribution in [1.29, 1.82) is 0 Å². The van der Waals surface area contributed by atoms with Crippen LogP contribution >= 0.6 is 0 Å². The Kier molecular flexibility index (Phi) is 6.03. The van der Waals surface area contributed by atoms with Crippen LogP contribution in [0.15, 0.2) is 79.1 Å². The van der Waals surface area contributed by atoms with E-state index in [-0.39, 0.29) is 18.0 Å². The van der Waals surface area contributed by atoms with Crippen LogP contribution in [0.4, 0.5) is 10.1 Å². The zero-order valence-corrected chi connectivity index (χ0v) is 16.9. The van der Waals surface area contributed by atoms with Gasteiger partial charge in [-0.3, -0.25) is 9.78 Å². The molecule has 0 saturated carbocycles. The van der Waals surface area contributed by atoms with Gasteiger partial charge in [0.1, 0.15) is 11.6 Å². The number of ether oxygens (including phenoxy) is 1. The lowest BCUT2D eigenvalue weighted by Gasteiger charge is -2.16. The quantitative estimate of drug-likeness (QED) is 0.439. The number of hydrogen-bond donors (Lipinski definition) is 2. The van der Waals surface area contributed by atoms with Crippen LogP contribution in [0.2, 0.25) is 0 Å². The Hall–Kier alpha value is -4.33. The maximum absolute atomic E-state index is 14.4. The van der Waals surface area contributed by atoms with Crippen LogP contribution in [-0.4, -0.2) is 26.0 Å². The third kappa shape index (κ3) is 4.86. The number of rotatable bonds is 7. The molecule has 0 bridgehead atoms. The van der Waals surface area contributed by atoms with E-state index in [0.717, 1.165) is 11.3 Å². The molecule has 0 saturated heterocycles. The molecular formula is C24H19FN4O3. The highest BCUT2D eigenvalue weighted by molar-refractivity contribution is 5.69. The Bertz CT molecular complexity index is 1250. The topological polar surface area (TPSA) is 111 Å². The van der Waals surface area contributed by atoms with Crippen LogP contribution in [0.3, 0.4) is 0 Å². The number of aromatic nitrogens is 3. The van der Waals surface area contributed by atoms with Crippen molar-refractivity contribution in [3.05, 3.63) is 96.2 Å². The van der Waals surface area contributed by atoms with E-state index in [9.17, 15) is 14.3 Å². The van der Waals surface area contributed by atoms with Crippen molar-refractivity contribution < 1.29 is 19.0 Å². The molecule has 1 unspecified atom stereocenters. The van der Waals surface area contributed by atoms with Gasteiger partial charge in [-0.1, -0.05) is 30.3 Å². The number of nitrogens with two attached hydrogens (primary N) is 1. The lowest BCUT2D eigenvalue weighted by molar-refractivity contribution is -0.137. The van der Waals surface area contributed by atoms with Gasteiger partial charge >= 0.3 is 12.0 Å². The molecule has 0 aliphatic carbocycles. The molecule has 7 nitrogen and oxygen atoms in total. The predicted octanol–water partition coefficient (Wildman–Crippen LogP) is 4.66. The number of hydrogen-bond acceptors (Lipinski definition) is 6. The van der Waals surface area contributed by atoms with Crippen molar-refractivity contribution in [2.75, 3.05) is 5.73 Å². The van der Waals surface area contributed by atoms with Gasteiger partial charge in [-0.2, -0.15) is 4.98 Å². The van der Waals surface area contributed by atoms with E-state index in [1.54, 1.807) is 60.8 Å². The van der Waals surface area contributed by atoms with Gasteiger partial charge in [0.25, 0.3) is 0 Å². The minimum Gasteiger partial charge on any atom is -0.481 e. The number of carboxylic acid groups (broad SMARTS) is 1. The summed E-state index contributed by atoms with van der Waals surface area (Å²) in [5.74, 6) is -1.88. The van der Waals surface area contributed by atoms with Crippen LogP contribution in [0.1, 0.15) is 23.6 Å². The SMILES string of the molecule is Nc1ccc(-c2cccc(Oc3nccc(C(CC(=O)O)c4ccccc4F)n3)c2)nc1. The van der Waals surface area contributed by atoms with E-state index in [0.29, 0.717) is 17.1 Å². The third-order valence-electron chi connectivity index (χ3n) is 4.80. The van der Waals surface area contributed by atoms with E-state index in [4.69, 9.17) is 10.5 Å². The van der Waals surface area contributed by atoms with Crippen molar-refractivity contribution in [3.63, 3.8) is 0 Å². The molecule has 0 fully saturated rings. The van der Waals surface area contributed by atoms with Gasteiger partial charge in [-0.05, 0) is 42.0 Å². The maximum Gasteiger partial charge on any atom is 0.322 e. The molecule has 2 aromatic carbocycles. The number of carboxylic acids is 1. The van der Waals surface area contributed by atoms with Crippen molar-refractivity contribution in [1.82, 2.24) is 15.0 Å². The lowest BCUT2D eigenvalue weighted by atomic mass is 9.92. The number of halogens is 1. The van der Waals surface area contributed by atoms with Crippen molar-refractivity contribution in [2.24, 2.45) is 0 Å². The van der Waals surface area contributed by atoms with Crippen molar-refractivity contribution in [3.8, 4) is 23.0 Å². The molecule has 0 spiro atoms. The molecule has 32 heavy (non-hydrogen) atoms. The number of anilines is 1. The highest BCUT2D eigenvalue weighted by Gasteiger charge is 2.23. The molecule has 3 N–H and O–H groups in total. The van der Waals surface area contributed by atoms with Gasteiger partial charge in [0.15, 0.2) is 0 Å². The number of pyridine rings is 1. The Morgan fingerprint density at radius 2 is 1.91 bits per heavy atom. The van der Waals surface area contributed by atoms with Gasteiger partial charge in [0, 0.05) is 17.7 Å². The summed E-state index contributed by atoms with van der Waals surface area (Å²) in [5.41, 5.74) is 8.39. The van der Waals surface area contributed by atoms with E-state index in [2.05, 4.69) is 15.0 Å². The Labute approximate surface area is 183 Å². The predicted molar refractivity (Wildman–Crippen MR) is 117 cm³/mol. The second kappa shape index (κ2) is 9.22. The highest BCUT2D eigenvalue weighted by Crippen LogP contribution is 2.30. The fourth-order valence-corrected chi connectivity index (χ4v) is 3.30. The molecule has 0 aliphatic heterocycles. The average Bonchev–Trinajstić information content (AvgIpc) is 2.79. The Morgan fingerprint density at radius 1 is 1.06 bits per heavy atom. The molecule has 4 rings (SSSR count). The van der Waals surface area contributed by atoms with Gasteiger partial charge < -0.3 is 15.6 Å². The first-order valence-corrected chi connectivity index (χ1v) is 9.78. The smallest absolute Gasteiger partial charge is 0.322 e. The van der Waals surface area contributed by atoms with Crippen LogP contribution in [-0.2, 0) is 4.79 Å². The van der Waals surface area contributed by atoms with E-state index < -0.39 is 17.7 Å². The summed E-state index contributed by atoms with van der Waals surface area (Å²) in [7, 11) is 0. The summed E-state index contributed by atoms with van der Waals surface area (Å²) in [6.07, 6.45) is 2.70. The standard InChI is InChI=1S/C24H19FN4O3/c25-20-7-2-1-6-18(20)19(13-23(30)31)22-10-11-27-24(29-22)32-17-5-3-4-15(12-17)21-9-8-16(26)14-28-21/h1-12,14,19H,13,26H2,(H,30,31). The molecular weight excluding hydrogens is 411 g/mol. The van der Waals surface area contributed by atoms with Gasteiger partial charge in [0.05, 0.1) is 29.7 Å². The number of carbonyl (C=O) groups is 1. The maximum atomic E-state index is 14.4. The average molecular weight is 430 g/mol. The molecule has 160 valence electrons. The fourth-order valence-electron chi connectivity index (χ4n) is 3.30. The second-order valence-corrected chi connectivity index (χ2v) is 7.04. The van der Waals surface area contributed by atoms with Gasteiger partial charge in [-0.25, -0.2) is 9.37 Å². The first kappa shape index (κ1) is 20.9. The third-order valence-corrected chi connectivity index (χ3v) is 4.80. The zero-order valence-electron chi connectivity index (χ0n) is 16.9. The minimum absolute atomic E-state index is 0.0247.